The molecule has 2 amide bonds. The van der Waals surface area contributed by atoms with Gasteiger partial charge in [0, 0.05) is 24.8 Å². The van der Waals surface area contributed by atoms with E-state index >= 15 is 0 Å². The lowest BCUT2D eigenvalue weighted by atomic mass is 9.98. The van der Waals surface area contributed by atoms with Gasteiger partial charge in [0.2, 0.25) is 0 Å². The SMILES string of the molecule is COc1ccccc1NC(=O)c1cc(C(=O)N2CCC(C)CC2)ccn1. The van der Waals surface area contributed by atoms with Gasteiger partial charge in [0.15, 0.2) is 0 Å². The Hall–Kier alpha value is -2.89. The molecule has 0 atom stereocenters. The fraction of sp³-hybridized carbons (Fsp3) is 0.350. The second kappa shape index (κ2) is 7.99. The van der Waals surface area contributed by atoms with E-state index in [4.69, 9.17) is 4.74 Å². The molecule has 6 heteroatoms. The van der Waals surface area contributed by atoms with E-state index in [0.29, 0.717) is 22.9 Å². The van der Waals surface area contributed by atoms with E-state index in [0.717, 1.165) is 25.9 Å². The number of ether oxygens (including phenoxy) is 1. The minimum absolute atomic E-state index is 0.0503. The molecule has 0 unspecified atom stereocenters. The molecule has 136 valence electrons. The number of para-hydroxylation sites is 2. The lowest BCUT2D eigenvalue weighted by molar-refractivity contribution is 0.0697. The van der Waals surface area contributed by atoms with Gasteiger partial charge in [0.1, 0.15) is 11.4 Å². The molecule has 1 saturated heterocycles. The summed E-state index contributed by atoms with van der Waals surface area (Å²) >= 11 is 0. The number of pyridine rings is 1. The van der Waals surface area contributed by atoms with Crippen LogP contribution in [0.5, 0.6) is 5.75 Å². The largest absolute Gasteiger partial charge is 0.495 e. The van der Waals surface area contributed by atoms with Crippen LogP contribution >= 0.6 is 0 Å². The second-order valence-electron chi connectivity index (χ2n) is 6.56. The zero-order valence-corrected chi connectivity index (χ0v) is 15.1. The Bertz CT molecular complexity index is 798. The Labute approximate surface area is 153 Å². The first-order valence-electron chi connectivity index (χ1n) is 8.78. The van der Waals surface area contributed by atoms with Crippen LogP contribution in [-0.2, 0) is 0 Å². The minimum Gasteiger partial charge on any atom is -0.495 e. The molecule has 1 aromatic carbocycles. The first-order valence-corrected chi connectivity index (χ1v) is 8.78. The molecule has 1 N–H and O–H groups in total. The van der Waals surface area contributed by atoms with Gasteiger partial charge in [-0.3, -0.25) is 14.6 Å². The van der Waals surface area contributed by atoms with Crippen LogP contribution in [0, 0.1) is 5.92 Å². The van der Waals surface area contributed by atoms with E-state index in [1.54, 1.807) is 31.4 Å². The summed E-state index contributed by atoms with van der Waals surface area (Å²) in [7, 11) is 1.54. The molecule has 1 aliphatic heterocycles. The van der Waals surface area contributed by atoms with Crippen LogP contribution in [0.15, 0.2) is 42.6 Å². The van der Waals surface area contributed by atoms with Crippen molar-refractivity contribution in [3.63, 3.8) is 0 Å². The first-order chi connectivity index (χ1) is 12.6. The predicted octanol–water partition coefficient (Wildman–Crippen LogP) is 3.21. The van der Waals surface area contributed by atoms with Crippen molar-refractivity contribution < 1.29 is 14.3 Å². The molecule has 2 heterocycles. The van der Waals surface area contributed by atoms with Gasteiger partial charge in [-0.15, -0.1) is 0 Å². The van der Waals surface area contributed by atoms with Gasteiger partial charge in [-0.05, 0) is 43.0 Å². The maximum absolute atomic E-state index is 12.7. The zero-order valence-electron chi connectivity index (χ0n) is 15.1. The van der Waals surface area contributed by atoms with E-state index in [-0.39, 0.29) is 17.5 Å². The third kappa shape index (κ3) is 4.02. The molecule has 6 nitrogen and oxygen atoms in total. The van der Waals surface area contributed by atoms with Crippen molar-refractivity contribution in [1.82, 2.24) is 9.88 Å². The number of piperidine rings is 1. The number of nitrogens with one attached hydrogen (secondary N) is 1. The number of methoxy groups -OCH3 is 1. The van der Waals surface area contributed by atoms with Crippen molar-refractivity contribution in [2.75, 3.05) is 25.5 Å². The number of likely N-dealkylation sites (tertiary alicyclic amines) is 1. The van der Waals surface area contributed by atoms with Crippen LogP contribution in [0.2, 0.25) is 0 Å². The van der Waals surface area contributed by atoms with E-state index in [1.807, 2.05) is 17.0 Å². The summed E-state index contributed by atoms with van der Waals surface area (Å²) in [6, 6.07) is 10.3. The van der Waals surface area contributed by atoms with Gasteiger partial charge < -0.3 is 15.0 Å². The van der Waals surface area contributed by atoms with Crippen molar-refractivity contribution in [3.05, 3.63) is 53.9 Å². The molecule has 0 saturated carbocycles. The quantitative estimate of drug-likeness (QED) is 0.916. The van der Waals surface area contributed by atoms with Gasteiger partial charge in [-0.1, -0.05) is 19.1 Å². The van der Waals surface area contributed by atoms with Crippen LogP contribution in [0.3, 0.4) is 0 Å². The Morgan fingerprint density at radius 3 is 2.65 bits per heavy atom. The van der Waals surface area contributed by atoms with Crippen LogP contribution in [0.1, 0.15) is 40.6 Å². The number of anilines is 1. The fourth-order valence-electron chi connectivity index (χ4n) is 3.02. The molecule has 0 aliphatic carbocycles. The van der Waals surface area contributed by atoms with Gasteiger partial charge in [-0.2, -0.15) is 0 Å². The maximum Gasteiger partial charge on any atom is 0.274 e. The van der Waals surface area contributed by atoms with Crippen molar-refractivity contribution in [2.24, 2.45) is 5.92 Å². The molecule has 3 rings (SSSR count). The summed E-state index contributed by atoms with van der Waals surface area (Å²) in [6.45, 7) is 3.71. The number of nitrogens with zero attached hydrogens (tertiary/aromatic N) is 2. The van der Waals surface area contributed by atoms with E-state index in [1.165, 1.54) is 6.20 Å². The summed E-state index contributed by atoms with van der Waals surface area (Å²) in [4.78, 5) is 31.2. The molecule has 1 aliphatic rings. The summed E-state index contributed by atoms with van der Waals surface area (Å²) in [6.07, 6.45) is 3.52. The van der Waals surface area contributed by atoms with E-state index in [2.05, 4.69) is 17.2 Å². The molecule has 26 heavy (non-hydrogen) atoms. The second-order valence-corrected chi connectivity index (χ2v) is 6.56. The standard InChI is InChI=1S/C20H23N3O3/c1-14-8-11-23(12-9-14)20(25)15-7-10-21-17(13-15)19(24)22-16-5-3-4-6-18(16)26-2/h3-7,10,13-14H,8-9,11-12H2,1-2H3,(H,22,24). The fourth-order valence-corrected chi connectivity index (χ4v) is 3.02. The Kier molecular flexibility index (Phi) is 5.51. The summed E-state index contributed by atoms with van der Waals surface area (Å²) in [5.74, 6) is 0.788. The summed E-state index contributed by atoms with van der Waals surface area (Å²) in [5, 5.41) is 2.78. The zero-order chi connectivity index (χ0) is 18.5. The van der Waals surface area contributed by atoms with E-state index < -0.39 is 0 Å². The number of hydrogen-bond acceptors (Lipinski definition) is 4. The highest BCUT2D eigenvalue weighted by molar-refractivity contribution is 6.05. The third-order valence-electron chi connectivity index (χ3n) is 4.67. The average molecular weight is 353 g/mol. The number of carbonyl (C=O) groups is 2. The number of aromatic nitrogens is 1. The van der Waals surface area contributed by atoms with Crippen molar-refractivity contribution >= 4 is 17.5 Å². The molecule has 0 radical (unpaired) electrons. The molecular weight excluding hydrogens is 330 g/mol. The Morgan fingerprint density at radius 2 is 1.92 bits per heavy atom. The number of carbonyl (C=O) groups excluding carboxylic acids is 2. The summed E-state index contributed by atoms with van der Waals surface area (Å²) in [5.41, 5.74) is 1.25. The normalized spacial score (nSPS) is 14.8. The van der Waals surface area contributed by atoms with Crippen LogP contribution < -0.4 is 10.1 Å². The van der Waals surface area contributed by atoms with Crippen molar-refractivity contribution in [2.45, 2.75) is 19.8 Å². The van der Waals surface area contributed by atoms with Crippen LogP contribution in [0.4, 0.5) is 5.69 Å². The molecule has 1 aromatic heterocycles. The van der Waals surface area contributed by atoms with Crippen LogP contribution in [-0.4, -0.2) is 41.9 Å². The number of rotatable bonds is 4. The lowest BCUT2D eigenvalue weighted by Crippen LogP contribution is -2.38. The van der Waals surface area contributed by atoms with Gasteiger partial charge >= 0.3 is 0 Å². The monoisotopic (exact) mass is 353 g/mol. The topological polar surface area (TPSA) is 71.5 Å². The van der Waals surface area contributed by atoms with Gasteiger partial charge in [0.05, 0.1) is 12.8 Å². The molecule has 0 spiro atoms. The Balaban J connectivity index is 1.74. The van der Waals surface area contributed by atoms with Gasteiger partial charge in [-0.25, -0.2) is 0 Å². The third-order valence-corrected chi connectivity index (χ3v) is 4.67. The summed E-state index contributed by atoms with van der Waals surface area (Å²) < 4.78 is 5.24. The number of hydrogen-bond donors (Lipinski definition) is 1. The highest BCUT2D eigenvalue weighted by Gasteiger charge is 2.22. The van der Waals surface area contributed by atoms with Crippen molar-refractivity contribution in [1.29, 1.82) is 0 Å². The smallest absolute Gasteiger partial charge is 0.274 e. The van der Waals surface area contributed by atoms with Gasteiger partial charge in [0.25, 0.3) is 11.8 Å². The van der Waals surface area contributed by atoms with E-state index in [9.17, 15) is 9.59 Å². The first kappa shape index (κ1) is 17.9. The molecule has 0 bridgehead atoms. The number of amides is 2. The minimum atomic E-state index is -0.378. The van der Waals surface area contributed by atoms with Crippen molar-refractivity contribution in [3.8, 4) is 5.75 Å². The molecular formula is C20H23N3O3. The number of benzene rings is 1. The predicted molar refractivity (Wildman–Crippen MR) is 99.5 cm³/mol. The lowest BCUT2D eigenvalue weighted by Gasteiger charge is -2.30. The highest BCUT2D eigenvalue weighted by atomic mass is 16.5. The Morgan fingerprint density at radius 1 is 1.19 bits per heavy atom. The van der Waals surface area contributed by atoms with Crippen LogP contribution in [0.25, 0.3) is 0 Å². The molecule has 2 aromatic rings. The maximum atomic E-state index is 12.7. The highest BCUT2D eigenvalue weighted by Crippen LogP contribution is 2.24. The average Bonchev–Trinajstić information content (AvgIpc) is 2.68. The molecule has 1 fully saturated rings.